The standard InChI is InChI=1S/C30H34BrN3O9S2/c1-30(2,3)43-24(35)17-42-26-25(31)27(44-28(26)29(36)41-4)19-9-7-10-22(16-19)32-21-12-14-33(15-13-21)45(39,40)18-20-8-5-6-11-23(20)34(37)38/h5-11,16,21,32H,12-15,17-18H2,1-4H3. The van der Waals surface area contributed by atoms with E-state index in [1.54, 1.807) is 26.8 Å². The van der Waals surface area contributed by atoms with Crippen LogP contribution in [0.4, 0.5) is 11.4 Å². The molecule has 15 heteroatoms. The predicted octanol–water partition coefficient (Wildman–Crippen LogP) is 6.00. The van der Waals surface area contributed by atoms with Gasteiger partial charge in [-0.25, -0.2) is 22.3 Å². The summed E-state index contributed by atoms with van der Waals surface area (Å²) in [6.07, 6.45) is 1.08. The lowest BCUT2D eigenvalue weighted by Crippen LogP contribution is -2.42. The Morgan fingerprint density at radius 2 is 1.82 bits per heavy atom. The zero-order valence-corrected chi connectivity index (χ0v) is 28.4. The molecule has 0 amide bonds. The first-order valence-corrected chi connectivity index (χ1v) is 17.2. The molecular weight excluding hydrogens is 690 g/mol. The molecule has 0 atom stereocenters. The number of esters is 2. The number of carbonyl (C=O) groups is 2. The van der Waals surface area contributed by atoms with Crippen LogP contribution in [0.2, 0.25) is 0 Å². The fraction of sp³-hybridized carbons (Fsp3) is 0.400. The number of para-hydroxylation sites is 1. The molecule has 1 N–H and O–H groups in total. The highest BCUT2D eigenvalue weighted by Crippen LogP contribution is 2.46. The normalized spacial score (nSPS) is 14.5. The molecule has 1 aromatic heterocycles. The van der Waals surface area contributed by atoms with Crippen molar-refractivity contribution in [3.05, 3.63) is 73.6 Å². The highest BCUT2D eigenvalue weighted by atomic mass is 79.9. The van der Waals surface area contributed by atoms with Crippen molar-refractivity contribution in [3.63, 3.8) is 0 Å². The number of halogens is 1. The van der Waals surface area contributed by atoms with E-state index in [0.717, 1.165) is 22.6 Å². The van der Waals surface area contributed by atoms with Gasteiger partial charge in [-0.2, -0.15) is 0 Å². The van der Waals surface area contributed by atoms with Crippen molar-refractivity contribution in [2.24, 2.45) is 0 Å². The van der Waals surface area contributed by atoms with Gasteiger partial charge in [0.1, 0.15) is 5.60 Å². The number of sulfonamides is 1. The van der Waals surface area contributed by atoms with Gasteiger partial charge in [0.05, 0.1) is 27.1 Å². The van der Waals surface area contributed by atoms with Crippen LogP contribution in [-0.2, 0) is 30.0 Å². The molecule has 3 aromatic rings. The molecule has 0 radical (unpaired) electrons. The van der Waals surface area contributed by atoms with E-state index in [1.807, 2.05) is 24.3 Å². The summed E-state index contributed by atoms with van der Waals surface area (Å²) in [4.78, 5) is 36.5. The number of nitrogens with one attached hydrogen (secondary N) is 1. The van der Waals surface area contributed by atoms with Crippen LogP contribution in [0.5, 0.6) is 5.75 Å². The van der Waals surface area contributed by atoms with E-state index >= 15 is 0 Å². The molecule has 12 nitrogen and oxygen atoms in total. The highest BCUT2D eigenvalue weighted by molar-refractivity contribution is 9.10. The van der Waals surface area contributed by atoms with E-state index < -0.39 is 44.8 Å². The topological polar surface area (TPSA) is 154 Å². The van der Waals surface area contributed by atoms with Crippen molar-refractivity contribution >= 4 is 60.6 Å². The Morgan fingerprint density at radius 1 is 1.13 bits per heavy atom. The number of nitrogens with zero attached hydrogens (tertiary/aromatic N) is 2. The number of methoxy groups -OCH3 is 1. The van der Waals surface area contributed by atoms with Gasteiger partial charge in [0.25, 0.3) is 5.69 Å². The van der Waals surface area contributed by atoms with Gasteiger partial charge in [-0.05, 0) is 67.2 Å². The van der Waals surface area contributed by atoms with Gasteiger partial charge in [-0.1, -0.05) is 30.3 Å². The van der Waals surface area contributed by atoms with Gasteiger partial charge >= 0.3 is 11.9 Å². The van der Waals surface area contributed by atoms with Crippen molar-refractivity contribution in [2.45, 2.75) is 51.0 Å². The second kappa shape index (κ2) is 14.3. The summed E-state index contributed by atoms with van der Waals surface area (Å²) in [6, 6.07) is 13.4. The largest absolute Gasteiger partial charge is 0.479 e. The van der Waals surface area contributed by atoms with Gasteiger partial charge in [0.15, 0.2) is 17.2 Å². The van der Waals surface area contributed by atoms with Crippen LogP contribution >= 0.6 is 27.3 Å². The summed E-state index contributed by atoms with van der Waals surface area (Å²) in [7, 11) is -2.48. The SMILES string of the molecule is COC(=O)c1sc(-c2cccc(NC3CCN(S(=O)(=O)Cc4ccccc4[N+](=O)[O-])CC3)c2)c(Br)c1OCC(=O)OC(C)(C)C. The van der Waals surface area contributed by atoms with Crippen LogP contribution in [-0.4, -0.2) is 68.0 Å². The second-order valence-corrected chi connectivity index (χ2v) is 15.1. The Morgan fingerprint density at radius 3 is 2.47 bits per heavy atom. The number of hydrogen-bond acceptors (Lipinski definition) is 11. The van der Waals surface area contributed by atoms with Gasteiger partial charge < -0.3 is 19.5 Å². The summed E-state index contributed by atoms with van der Waals surface area (Å²) in [6.45, 7) is 5.40. The Labute approximate surface area is 274 Å². The Balaban J connectivity index is 1.44. The van der Waals surface area contributed by atoms with Crippen LogP contribution in [0.1, 0.15) is 48.8 Å². The summed E-state index contributed by atoms with van der Waals surface area (Å²) in [5, 5.41) is 14.8. The van der Waals surface area contributed by atoms with E-state index in [0.29, 0.717) is 22.2 Å². The van der Waals surface area contributed by atoms with Crippen molar-refractivity contribution in [1.29, 1.82) is 0 Å². The zero-order valence-electron chi connectivity index (χ0n) is 25.2. The van der Waals surface area contributed by atoms with Crippen LogP contribution in [0.3, 0.4) is 0 Å². The number of benzene rings is 2. The smallest absolute Gasteiger partial charge is 0.351 e. The van der Waals surface area contributed by atoms with E-state index in [4.69, 9.17) is 14.2 Å². The first-order chi connectivity index (χ1) is 21.2. The number of thiophene rings is 1. The summed E-state index contributed by atoms with van der Waals surface area (Å²) in [5.41, 5.74) is 0.832. The maximum absolute atomic E-state index is 13.1. The molecule has 1 fully saturated rings. The maximum atomic E-state index is 13.1. The molecule has 45 heavy (non-hydrogen) atoms. The molecule has 4 rings (SSSR count). The van der Waals surface area contributed by atoms with E-state index in [9.17, 15) is 28.1 Å². The van der Waals surface area contributed by atoms with Gasteiger partial charge in [-0.15, -0.1) is 11.3 Å². The predicted molar refractivity (Wildman–Crippen MR) is 174 cm³/mol. The van der Waals surface area contributed by atoms with Crippen molar-refractivity contribution in [1.82, 2.24) is 4.31 Å². The number of nitro groups is 1. The number of piperidine rings is 1. The fourth-order valence-corrected chi connectivity index (χ4v) is 8.36. The minimum atomic E-state index is -3.75. The van der Waals surface area contributed by atoms with Crippen LogP contribution in [0, 0.1) is 10.1 Å². The number of anilines is 1. The molecule has 0 spiro atoms. The number of nitro benzene ring substituents is 1. The molecule has 0 aliphatic carbocycles. The Hall–Kier alpha value is -3.53. The van der Waals surface area contributed by atoms with Gasteiger partial charge in [-0.3, -0.25) is 10.1 Å². The first-order valence-electron chi connectivity index (χ1n) is 14.0. The van der Waals surface area contributed by atoms with Crippen LogP contribution in [0.15, 0.2) is 53.0 Å². The lowest BCUT2D eigenvalue weighted by molar-refractivity contribution is -0.385. The summed E-state index contributed by atoms with van der Waals surface area (Å²) < 4.78 is 44.0. The van der Waals surface area contributed by atoms with Crippen molar-refractivity contribution in [2.75, 3.05) is 32.1 Å². The van der Waals surface area contributed by atoms with Crippen molar-refractivity contribution < 1.29 is 37.1 Å². The van der Waals surface area contributed by atoms with Crippen molar-refractivity contribution in [3.8, 4) is 16.2 Å². The third kappa shape index (κ3) is 8.81. The van der Waals surface area contributed by atoms with Gasteiger partial charge in [0, 0.05) is 36.4 Å². The molecular formula is C30H34BrN3O9S2. The molecule has 2 aromatic carbocycles. The third-order valence-corrected chi connectivity index (χ3v) is 10.9. The highest BCUT2D eigenvalue weighted by Gasteiger charge is 2.31. The Bertz CT molecular complexity index is 1680. The number of rotatable bonds is 11. The lowest BCUT2D eigenvalue weighted by atomic mass is 10.1. The quantitative estimate of drug-likeness (QED) is 0.142. The van der Waals surface area contributed by atoms with Gasteiger partial charge in [0.2, 0.25) is 10.0 Å². The fourth-order valence-electron chi connectivity index (χ4n) is 4.80. The Kier molecular flexibility index (Phi) is 10.9. The van der Waals surface area contributed by atoms with E-state index in [-0.39, 0.29) is 41.0 Å². The molecule has 0 bridgehead atoms. The molecule has 2 heterocycles. The average Bonchev–Trinajstić information content (AvgIpc) is 3.31. The minimum Gasteiger partial charge on any atom is -0.479 e. The average molecular weight is 725 g/mol. The number of hydrogen-bond donors (Lipinski definition) is 1. The minimum absolute atomic E-state index is 0.0112. The molecule has 242 valence electrons. The molecule has 1 saturated heterocycles. The third-order valence-electron chi connectivity index (χ3n) is 6.80. The summed E-state index contributed by atoms with van der Waals surface area (Å²) in [5.74, 6) is -1.44. The molecule has 0 saturated carbocycles. The molecule has 1 aliphatic heterocycles. The number of carbonyl (C=O) groups excluding carboxylic acids is 2. The second-order valence-electron chi connectivity index (χ2n) is 11.3. The first kappa shape index (κ1) is 34.3. The summed E-state index contributed by atoms with van der Waals surface area (Å²) >= 11 is 4.69. The number of ether oxygens (including phenoxy) is 3. The van der Waals surface area contributed by atoms with E-state index in [2.05, 4.69) is 21.2 Å². The molecule has 1 aliphatic rings. The maximum Gasteiger partial charge on any atom is 0.351 e. The lowest BCUT2D eigenvalue weighted by Gasteiger charge is -2.32. The van der Waals surface area contributed by atoms with Crippen LogP contribution in [0.25, 0.3) is 10.4 Å². The monoisotopic (exact) mass is 723 g/mol. The van der Waals surface area contributed by atoms with Crippen LogP contribution < -0.4 is 10.1 Å². The van der Waals surface area contributed by atoms with E-state index in [1.165, 1.54) is 29.6 Å². The zero-order chi connectivity index (χ0) is 32.9. The molecule has 0 unspecified atom stereocenters.